The van der Waals surface area contributed by atoms with Crippen molar-refractivity contribution in [3.05, 3.63) is 30.3 Å². The van der Waals surface area contributed by atoms with E-state index in [1.165, 1.54) is 12.1 Å². The van der Waals surface area contributed by atoms with Gasteiger partial charge >= 0.3 is 0 Å². The van der Waals surface area contributed by atoms with Gasteiger partial charge in [0.05, 0.1) is 4.90 Å². The highest BCUT2D eigenvalue weighted by Crippen LogP contribution is 2.15. The Balaban J connectivity index is 0.00000242. The molecule has 8 heteroatoms. The highest BCUT2D eigenvalue weighted by molar-refractivity contribution is 7.89. The maximum atomic E-state index is 12.0. The van der Waals surface area contributed by atoms with Gasteiger partial charge in [-0.3, -0.25) is 4.79 Å². The minimum atomic E-state index is -3.54. The topological polar surface area (TPSA) is 92.5 Å². The molecule has 1 unspecified atom stereocenters. The van der Waals surface area contributed by atoms with Crippen molar-refractivity contribution in [3.63, 3.8) is 0 Å². The standard InChI is InChI=1S/C14H21N3O3S.ClH/c15-10-12-7-9-17(11-12)14(18)6-8-16-21(19,20)13-4-2-1-3-5-13;/h1-5,12,16H,6-11,15H2;1H. The van der Waals surface area contributed by atoms with E-state index in [-0.39, 0.29) is 36.2 Å². The van der Waals surface area contributed by atoms with Gasteiger partial charge in [-0.1, -0.05) is 18.2 Å². The molecule has 3 N–H and O–H groups in total. The first-order valence-corrected chi connectivity index (χ1v) is 8.54. The summed E-state index contributed by atoms with van der Waals surface area (Å²) in [6.07, 6.45) is 1.10. The van der Waals surface area contributed by atoms with Gasteiger partial charge in [-0.2, -0.15) is 0 Å². The maximum Gasteiger partial charge on any atom is 0.240 e. The third-order valence-corrected chi connectivity index (χ3v) is 5.13. The van der Waals surface area contributed by atoms with E-state index < -0.39 is 10.0 Å². The Hall–Kier alpha value is -1.15. The van der Waals surface area contributed by atoms with Gasteiger partial charge in [0, 0.05) is 26.1 Å². The molecule has 0 bridgehead atoms. The summed E-state index contributed by atoms with van der Waals surface area (Å²) < 4.78 is 26.4. The van der Waals surface area contributed by atoms with Crippen LogP contribution in [0.3, 0.4) is 0 Å². The van der Waals surface area contributed by atoms with Crippen LogP contribution >= 0.6 is 12.4 Å². The molecule has 1 aromatic carbocycles. The van der Waals surface area contributed by atoms with Crippen LogP contribution in [-0.4, -0.2) is 45.4 Å². The maximum absolute atomic E-state index is 12.0. The molecule has 1 heterocycles. The molecule has 0 radical (unpaired) electrons. The molecule has 0 aliphatic carbocycles. The third-order valence-electron chi connectivity index (χ3n) is 3.66. The largest absolute Gasteiger partial charge is 0.342 e. The Morgan fingerprint density at radius 2 is 2.00 bits per heavy atom. The smallest absolute Gasteiger partial charge is 0.240 e. The van der Waals surface area contributed by atoms with E-state index in [0.29, 0.717) is 25.6 Å². The van der Waals surface area contributed by atoms with Gasteiger partial charge in [-0.15, -0.1) is 12.4 Å². The summed E-state index contributed by atoms with van der Waals surface area (Å²) >= 11 is 0. The van der Waals surface area contributed by atoms with Crippen LogP contribution in [0.25, 0.3) is 0 Å². The summed E-state index contributed by atoms with van der Waals surface area (Å²) in [4.78, 5) is 13.9. The lowest BCUT2D eigenvalue weighted by Crippen LogP contribution is -2.33. The molecule has 1 aliphatic rings. The van der Waals surface area contributed by atoms with Crippen molar-refractivity contribution in [1.29, 1.82) is 0 Å². The Bertz CT molecular complexity index is 580. The van der Waals surface area contributed by atoms with E-state index in [1.54, 1.807) is 23.1 Å². The average molecular weight is 348 g/mol. The minimum absolute atomic E-state index is 0. The normalized spacial score (nSPS) is 18.0. The predicted octanol–water partition coefficient (Wildman–Crippen LogP) is 0.584. The lowest BCUT2D eigenvalue weighted by Gasteiger charge is -2.16. The van der Waals surface area contributed by atoms with E-state index in [9.17, 15) is 13.2 Å². The highest BCUT2D eigenvalue weighted by atomic mass is 35.5. The van der Waals surface area contributed by atoms with Crippen molar-refractivity contribution in [3.8, 4) is 0 Å². The predicted molar refractivity (Wildman–Crippen MR) is 87.2 cm³/mol. The van der Waals surface area contributed by atoms with Gasteiger partial charge in [0.15, 0.2) is 0 Å². The van der Waals surface area contributed by atoms with Crippen LogP contribution in [0.5, 0.6) is 0 Å². The lowest BCUT2D eigenvalue weighted by atomic mass is 10.1. The number of nitrogens with two attached hydrogens (primary N) is 1. The fraction of sp³-hybridized carbons (Fsp3) is 0.500. The number of sulfonamides is 1. The van der Waals surface area contributed by atoms with Gasteiger partial charge in [-0.25, -0.2) is 13.1 Å². The number of carbonyl (C=O) groups excluding carboxylic acids is 1. The van der Waals surface area contributed by atoms with Crippen LogP contribution in [0.2, 0.25) is 0 Å². The molecule has 1 aliphatic heterocycles. The zero-order valence-corrected chi connectivity index (χ0v) is 13.9. The fourth-order valence-corrected chi connectivity index (χ4v) is 3.44. The summed E-state index contributed by atoms with van der Waals surface area (Å²) in [6.45, 7) is 2.09. The van der Waals surface area contributed by atoms with Gasteiger partial charge in [0.25, 0.3) is 0 Å². The number of likely N-dealkylation sites (tertiary alicyclic amines) is 1. The zero-order valence-electron chi connectivity index (χ0n) is 12.3. The third kappa shape index (κ3) is 4.95. The molecule has 1 atom stereocenters. The summed E-state index contributed by atoms with van der Waals surface area (Å²) in [7, 11) is -3.54. The monoisotopic (exact) mass is 347 g/mol. The average Bonchev–Trinajstić information content (AvgIpc) is 2.97. The molecule has 0 saturated carbocycles. The Morgan fingerprint density at radius 1 is 1.32 bits per heavy atom. The molecule has 1 saturated heterocycles. The number of benzene rings is 1. The van der Waals surface area contributed by atoms with Crippen molar-refractivity contribution in [2.24, 2.45) is 11.7 Å². The Labute approximate surface area is 137 Å². The van der Waals surface area contributed by atoms with Crippen molar-refractivity contribution in [1.82, 2.24) is 9.62 Å². The molecule has 6 nitrogen and oxygen atoms in total. The van der Waals surface area contributed by atoms with Crippen molar-refractivity contribution < 1.29 is 13.2 Å². The second-order valence-corrected chi connectivity index (χ2v) is 6.96. The SMILES string of the molecule is Cl.NCC1CCN(C(=O)CCNS(=O)(=O)c2ccccc2)C1. The first-order valence-electron chi connectivity index (χ1n) is 7.05. The van der Waals surface area contributed by atoms with Crippen LogP contribution in [0.1, 0.15) is 12.8 Å². The van der Waals surface area contributed by atoms with Crippen LogP contribution < -0.4 is 10.5 Å². The number of halogens is 1. The molecular weight excluding hydrogens is 326 g/mol. The number of hydrogen-bond donors (Lipinski definition) is 2. The minimum Gasteiger partial charge on any atom is -0.342 e. The van der Waals surface area contributed by atoms with Crippen LogP contribution in [0, 0.1) is 5.92 Å². The molecule has 124 valence electrons. The van der Waals surface area contributed by atoms with Crippen molar-refractivity contribution >= 4 is 28.3 Å². The molecule has 22 heavy (non-hydrogen) atoms. The van der Waals surface area contributed by atoms with Crippen LogP contribution in [0.4, 0.5) is 0 Å². The molecule has 1 aromatic rings. The number of rotatable bonds is 6. The summed E-state index contributed by atoms with van der Waals surface area (Å²) in [6, 6.07) is 8.13. The van der Waals surface area contributed by atoms with E-state index in [1.807, 2.05) is 0 Å². The zero-order chi connectivity index (χ0) is 15.3. The molecule has 1 fully saturated rings. The summed E-state index contributed by atoms with van der Waals surface area (Å²) in [5.74, 6) is 0.344. The van der Waals surface area contributed by atoms with E-state index in [2.05, 4.69) is 4.72 Å². The second-order valence-electron chi connectivity index (χ2n) is 5.19. The van der Waals surface area contributed by atoms with Gasteiger partial charge < -0.3 is 10.6 Å². The first kappa shape index (κ1) is 18.9. The van der Waals surface area contributed by atoms with Crippen molar-refractivity contribution in [2.45, 2.75) is 17.7 Å². The number of hydrogen-bond acceptors (Lipinski definition) is 4. The number of nitrogens with zero attached hydrogens (tertiary/aromatic N) is 1. The highest BCUT2D eigenvalue weighted by Gasteiger charge is 2.25. The van der Waals surface area contributed by atoms with Gasteiger partial charge in [0.2, 0.25) is 15.9 Å². The molecule has 0 spiro atoms. The van der Waals surface area contributed by atoms with E-state index in [4.69, 9.17) is 5.73 Å². The fourth-order valence-electron chi connectivity index (χ4n) is 2.38. The quantitative estimate of drug-likeness (QED) is 0.787. The lowest BCUT2D eigenvalue weighted by molar-refractivity contribution is -0.130. The first-order chi connectivity index (χ1) is 10.0. The summed E-state index contributed by atoms with van der Waals surface area (Å²) in [5.41, 5.74) is 5.59. The number of carbonyl (C=O) groups is 1. The van der Waals surface area contributed by atoms with Gasteiger partial charge in [-0.05, 0) is 31.0 Å². The van der Waals surface area contributed by atoms with Crippen LogP contribution in [0.15, 0.2) is 35.2 Å². The summed E-state index contributed by atoms with van der Waals surface area (Å²) in [5, 5.41) is 0. The van der Waals surface area contributed by atoms with Crippen LogP contribution in [-0.2, 0) is 14.8 Å². The number of nitrogens with one attached hydrogen (secondary N) is 1. The Kier molecular flexibility index (Phi) is 7.28. The van der Waals surface area contributed by atoms with Crippen molar-refractivity contribution in [2.75, 3.05) is 26.2 Å². The van der Waals surface area contributed by atoms with E-state index in [0.717, 1.165) is 6.42 Å². The molecule has 1 amide bonds. The second kappa shape index (κ2) is 8.47. The Morgan fingerprint density at radius 3 is 2.59 bits per heavy atom. The molecule has 0 aromatic heterocycles. The molecular formula is C14H22ClN3O3S. The van der Waals surface area contributed by atoms with E-state index >= 15 is 0 Å². The number of amides is 1. The molecule has 2 rings (SSSR count). The van der Waals surface area contributed by atoms with Gasteiger partial charge in [0.1, 0.15) is 0 Å².